The number of hydrogen-bond donors (Lipinski definition) is 1. The van der Waals surface area contributed by atoms with Crippen molar-refractivity contribution in [3.63, 3.8) is 0 Å². The average Bonchev–Trinajstić information content (AvgIpc) is 2.95. The van der Waals surface area contributed by atoms with Crippen molar-refractivity contribution in [2.45, 2.75) is 38.6 Å². The Morgan fingerprint density at radius 1 is 1.30 bits per heavy atom. The number of nitrogens with zero attached hydrogens (tertiary/aromatic N) is 2. The first-order valence-corrected chi connectivity index (χ1v) is 8.52. The van der Waals surface area contributed by atoms with Gasteiger partial charge in [0.2, 0.25) is 11.8 Å². The first kappa shape index (κ1) is 16.0. The molecule has 0 bridgehead atoms. The van der Waals surface area contributed by atoms with E-state index in [1.165, 1.54) is 0 Å². The first-order chi connectivity index (χ1) is 11.1. The number of amides is 2. The summed E-state index contributed by atoms with van der Waals surface area (Å²) in [6.07, 6.45) is 3.11. The number of anilines is 1. The number of rotatable bonds is 3. The number of piperidine rings is 1. The molecule has 2 saturated heterocycles. The molecule has 0 radical (unpaired) electrons. The molecule has 23 heavy (non-hydrogen) atoms. The molecule has 2 aliphatic heterocycles. The highest BCUT2D eigenvalue weighted by Gasteiger charge is 2.38. The van der Waals surface area contributed by atoms with Gasteiger partial charge in [-0.1, -0.05) is 25.1 Å². The minimum absolute atomic E-state index is 0.0468. The van der Waals surface area contributed by atoms with E-state index in [1.54, 1.807) is 4.90 Å². The maximum absolute atomic E-state index is 12.7. The van der Waals surface area contributed by atoms with Gasteiger partial charge in [0.15, 0.2) is 0 Å². The van der Waals surface area contributed by atoms with Gasteiger partial charge in [0, 0.05) is 37.8 Å². The molecular weight excluding hydrogens is 290 g/mol. The smallest absolute Gasteiger partial charge is 0.228 e. The van der Waals surface area contributed by atoms with Gasteiger partial charge in [-0.2, -0.15) is 0 Å². The zero-order chi connectivity index (χ0) is 16.4. The molecule has 3 rings (SSSR count). The lowest BCUT2D eigenvalue weighted by molar-refractivity contribution is -0.136. The lowest BCUT2D eigenvalue weighted by atomic mass is 10.0. The van der Waals surface area contributed by atoms with Gasteiger partial charge in [0.25, 0.3) is 0 Å². The Labute approximate surface area is 137 Å². The highest BCUT2D eigenvalue weighted by molar-refractivity contribution is 6.00. The Morgan fingerprint density at radius 2 is 2.09 bits per heavy atom. The second kappa shape index (κ2) is 6.71. The minimum Gasteiger partial charge on any atom is -0.341 e. The number of aryl methyl sites for hydroxylation is 1. The van der Waals surface area contributed by atoms with Crippen LogP contribution in [0.5, 0.6) is 0 Å². The summed E-state index contributed by atoms with van der Waals surface area (Å²) in [6, 6.07) is 8.02. The van der Waals surface area contributed by atoms with Crippen LogP contribution < -0.4 is 10.6 Å². The van der Waals surface area contributed by atoms with Gasteiger partial charge in [-0.15, -0.1) is 0 Å². The van der Waals surface area contributed by atoms with Gasteiger partial charge in [-0.25, -0.2) is 0 Å². The zero-order valence-electron chi connectivity index (χ0n) is 13.7. The maximum Gasteiger partial charge on any atom is 0.228 e. The van der Waals surface area contributed by atoms with Crippen molar-refractivity contribution in [1.29, 1.82) is 0 Å². The minimum atomic E-state index is -0.238. The van der Waals surface area contributed by atoms with E-state index in [0.717, 1.165) is 37.1 Å². The Balaban J connectivity index is 1.73. The Bertz CT molecular complexity index is 602. The van der Waals surface area contributed by atoms with Crippen LogP contribution in [0.25, 0.3) is 0 Å². The van der Waals surface area contributed by atoms with Crippen molar-refractivity contribution in [2.75, 3.05) is 24.5 Å². The number of benzene rings is 1. The van der Waals surface area contributed by atoms with Crippen molar-refractivity contribution in [3.05, 3.63) is 29.8 Å². The molecule has 0 aromatic heterocycles. The summed E-state index contributed by atoms with van der Waals surface area (Å²) in [5.41, 5.74) is 8.07. The van der Waals surface area contributed by atoms with Crippen LogP contribution in [0.15, 0.2) is 24.3 Å². The van der Waals surface area contributed by atoms with Gasteiger partial charge >= 0.3 is 0 Å². The summed E-state index contributed by atoms with van der Waals surface area (Å²) in [5, 5.41) is 0. The molecule has 2 heterocycles. The molecular formula is C18H25N3O2. The molecule has 0 aliphatic carbocycles. The summed E-state index contributed by atoms with van der Waals surface area (Å²) in [7, 11) is 0. The highest BCUT2D eigenvalue weighted by Crippen LogP contribution is 2.29. The Morgan fingerprint density at radius 3 is 2.83 bits per heavy atom. The lowest BCUT2D eigenvalue weighted by Gasteiger charge is -2.32. The number of hydrogen-bond acceptors (Lipinski definition) is 3. The van der Waals surface area contributed by atoms with Crippen LogP contribution >= 0.6 is 0 Å². The number of carbonyl (C=O) groups is 2. The lowest BCUT2D eigenvalue weighted by Crippen LogP contribution is -2.48. The van der Waals surface area contributed by atoms with Gasteiger partial charge < -0.3 is 15.5 Å². The second-order valence-corrected chi connectivity index (χ2v) is 6.57. The third-order valence-electron chi connectivity index (χ3n) is 4.91. The van der Waals surface area contributed by atoms with Crippen LogP contribution in [-0.2, 0) is 16.0 Å². The summed E-state index contributed by atoms with van der Waals surface area (Å²) < 4.78 is 0. The first-order valence-electron chi connectivity index (χ1n) is 8.52. The normalized spacial score (nSPS) is 25.0. The van der Waals surface area contributed by atoms with E-state index in [4.69, 9.17) is 5.73 Å². The molecule has 2 fully saturated rings. The standard InChI is InChI=1S/C18H25N3O2/c1-2-13-6-3-4-8-16(13)21-11-14(10-17(21)22)18(23)20-9-5-7-15(19)12-20/h3-4,6,8,14-15H,2,5,7,9-12,19H2,1H3/t14-,15+/m0/s1. The quantitative estimate of drug-likeness (QED) is 0.920. The molecule has 2 N–H and O–H groups in total. The summed E-state index contributed by atoms with van der Waals surface area (Å²) in [6.45, 7) is 3.95. The topological polar surface area (TPSA) is 66.6 Å². The van der Waals surface area contributed by atoms with Crippen molar-refractivity contribution in [2.24, 2.45) is 11.7 Å². The highest BCUT2D eigenvalue weighted by atomic mass is 16.2. The van der Waals surface area contributed by atoms with E-state index < -0.39 is 0 Å². The van der Waals surface area contributed by atoms with Crippen LogP contribution in [0.2, 0.25) is 0 Å². The Hall–Kier alpha value is -1.88. The van der Waals surface area contributed by atoms with Crippen molar-refractivity contribution < 1.29 is 9.59 Å². The summed E-state index contributed by atoms with van der Waals surface area (Å²) in [4.78, 5) is 28.8. The van der Waals surface area contributed by atoms with Gasteiger partial charge in [0.05, 0.1) is 5.92 Å². The molecule has 2 aliphatic rings. The molecule has 5 nitrogen and oxygen atoms in total. The molecule has 1 aromatic rings. The van der Waals surface area contributed by atoms with E-state index in [9.17, 15) is 9.59 Å². The second-order valence-electron chi connectivity index (χ2n) is 6.57. The number of nitrogens with two attached hydrogens (primary N) is 1. The Kier molecular flexibility index (Phi) is 4.66. The van der Waals surface area contributed by atoms with Gasteiger partial charge in [0.1, 0.15) is 0 Å². The van der Waals surface area contributed by atoms with Crippen LogP contribution in [0.4, 0.5) is 5.69 Å². The fourth-order valence-electron chi connectivity index (χ4n) is 3.65. The van der Waals surface area contributed by atoms with E-state index >= 15 is 0 Å². The fraction of sp³-hybridized carbons (Fsp3) is 0.556. The fourth-order valence-corrected chi connectivity index (χ4v) is 3.65. The zero-order valence-corrected chi connectivity index (χ0v) is 13.7. The third-order valence-corrected chi connectivity index (χ3v) is 4.91. The number of likely N-dealkylation sites (tertiary alicyclic amines) is 1. The van der Waals surface area contributed by atoms with Crippen molar-refractivity contribution >= 4 is 17.5 Å². The van der Waals surface area contributed by atoms with E-state index in [1.807, 2.05) is 29.2 Å². The van der Waals surface area contributed by atoms with Crippen LogP contribution in [-0.4, -0.2) is 42.4 Å². The third kappa shape index (κ3) is 3.24. The van der Waals surface area contributed by atoms with Crippen LogP contribution in [0.1, 0.15) is 31.7 Å². The van der Waals surface area contributed by atoms with Crippen LogP contribution in [0, 0.1) is 5.92 Å². The number of carbonyl (C=O) groups excluding carboxylic acids is 2. The molecule has 0 unspecified atom stereocenters. The average molecular weight is 315 g/mol. The van der Waals surface area contributed by atoms with Gasteiger partial charge in [-0.3, -0.25) is 9.59 Å². The van der Waals surface area contributed by atoms with E-state index in [0.29, 0.717) is 19.5 Å². The predicted octanol–water partition coefficient (Wildman–Crippen LogP) is 1.55. The van der Waals surface area contributed by atoms with E-state index in [2.05, 4.69) is 6.92 Å². The molecule has 0 spiro atoms. The molecule has 5 heteroatoms. The SMILES string of the molecule is CCc1ccccc1N1C[C@@H](C(=O)N2CCC[C@@H](N)C2)CC1=O. The molecule has 1 aromatic carbocycles. The monoisotopic (exact) mass is 315 g/mol. The van der Waals surface area contributed by atoms with E-state index in [-0.39, 0.29) is 23.8 Å². The van der Waals surface area contributed by atoms with Gasteiger partial charge in [-0.05, 0) is 30.9 Å². The molecule has 124 valence electrons. The maximum atomic E-state index is 12.7. The largest absolute Gasteiger partial charge is 0.341 e. The molecule has 2 amide bonds. The molecule has 0 saturated carbocycles. The number of para-hydroxylation sites is 1. The predicted molar refractivity (Wildman–Crippen MR) is 90.1 cm³/mol. The summed E-state index contributed by atoms with van der Waals surface area (Å²) in [5.74, 6) is -0.103. The van der Waals surface area contributed by atoms with Crippen LogP contribution in [0.3, 0.4) is 0 Å². The molecule has 2 atom stereocenters. The van der Waals surface area contributed by atoms with Crippen molar-refractivity contribution in [1.82, 2.24) is 4.90 Å². The summed E-state index contributed by atoms with van der Waals surface area (Å²) >= 11 is 0. The van der Waals surface area contributed by atoms with Crippen molar-refractivity contribution in [3.8, 4) is 0 Å².